The van der Waals surface area contributed by atoms with Gasteiger partial charge in [0.15, 0.2) is 5.78 Å². The van der Waals surface area contributed by atoms with E-state index in [4.69, 9.17) is 16.3 Å². The van der Waals surface area contributed by atoms with E-state index in [0.717, 1.165) is 51.3 Å². The van der Waals surface area contributed by atoms with Crippen LogP contribution in [0.4, 0.5) is 5.69 Å². The molecule has 31 heavy (non-hydrogen) atoms. The monoisotopic (exact) mass is 442 g/mol. The molecule has 1 atom stereocenters. The largest absolute Gasteiger partial charge is 0.392 e. The van der Waals surface area contributed by atoms with Crippen LogP contribution in [-0.2, 0) is 17.7 Å². The minimum atomic E-state index is -0.520. The molecular formula is C25H31ClN2O3. The SMILES string of the molecule is O=C(CCC(O)CN1CCc2ccccc2C1)c1cc(Cl)cc(NC2CCOCC2)c1. The number of hydrogen-bond acceptors (Lipinski definition) is 5. The molecule has 1 saturated heterocycles. The summed E-state index contributed by atoms with van der Waals surface area (Å²) in [5.74, 6) is 0.0144. The molecule has 0 radical (unpaired) electrons. The molecule has 0 bridgehead atoms. The molecule has 1 fully saturated rings. The van der Waals surface area contributed by atoms with Crippen LogP contribution in [0.1, 0.15) is 47.2 Å². The van der Waals surface area contributed by atoms with Crippen molar-refractivity contribution in [1.82, 2.24) is 4.90 Å². The molecule has 0 spiro atoms. The molecule has 2 heterocycles. The van der Waals surface area contributed by atoms with Gasteiger partial charge in [0.25, 0.3) is 0 Å². The van der Waals surface area contributed by atoms with Gasteiger partial charge in [-0.1, -0.05) is 35.9 Å². The highest BCUT2D eigenvalue weighted by atomic mass is 35.5. The van der Waals surface area contributed by atoms with Crippen LogP contribution in [-0.4, -0.2) is 54.2 Å². The quantitative estimate of drug-likeness (QED) is 0.596. The van der Waals surface area contributed by atoms with Crippen molar-refractivity contribution in [1.29, 1.82) is 0 Å². The first-order chi connectivity index (χ1) is 15.1. The summed E-state index contributed by atoms with van der Waals surface area (Å²) in [5, 5.41) is 14.5. The highest BCUT2D eigenvalue weighted by Gasteiger charge is 2.20. The Labute approximate surface area is 189 Å². The van der Waals surface area contributed by atoms with E-state index in [2.05, 4.69) is 34.5 Å². The van der Waals surface area contributed by atoms with Crippen molar-refractivity contribution in [3.63, 3.8) is 0 Å². The Morgan fingerprint density at radius 2 is 1.97 bits per heavy atom. The van der Waals surface area contributed by atoms with E-state index in [1.54, 1.807) is 6.07 Å². The number of halogens is 1. The number of rotatable bonds is 8. The molecule has 5 nitrogen and oxygen atoms in total. The Bertz CT molecular complexity index is 898. The molecule has 0 saturated carbocycles. The second kappa shape index (κ2) is 10.6. The molecule has 0 aromatic heterocycles. The molecule has 2 aromatic rings. The van der Waals surface area contributed by atoms with E-state index in [0.29, 0.717) is 36.0 Å². The summed E-state index contributed by atoms with van der Waals surface area (Å²) in [4.78, 5) is 15.0. The molecule has 2 N–H and O–H groups in total. The van der Waals surface area contributed by atoms with E-state index >= 15 is 0 Å². The summed E-state index contributed by atoms with van der Waals surface area (Å²) in [6.07, 6.45) is 3.14. The van der Waals surface area contributed by atoms with Gasteiger partial charge in [0.2, 0.25) is 0 Å². The molecular weight excluding hydrogens is 412 g/mol. The number of benzene rings is 2. The van der Waals surface area contributed by atoms with Crippen LogP contribution >= 0.6 is 11.6 Å². The first-order valence-corrected chi connectivity index (χ1v) is 11.6. The van der Waals surface area contributed by atoms with Gasteiger partial charge in [-0.3, -0.25) is 9.69 Å². The fourth-order valence-electron chi connectivity index (χ4n) is 4.45. The van der Waals surface area contributed by atoms with Gasteiger partial charge >= 0.3 is 0 Å². The predicted octanol–water partition coefficient (Wildman–Crippen LogP) is 4.31. The summed E-state index contributed by atoms with van der Waals surface area (Å²) in [6, 6.07) is 14.3. The minimum Gasteiger partial charge on any atom is -0.392 e. The smallest absolute Gasteiger partial charge is 0.163 e. The van der Waals surface area contributed by atoms with E-state index in [-0.39, 0.29) is 5.78 Å². The van der Waals surface area contributed by atoms with E-state index in [9.17, 15) is 9.90 Å². The van der Waals surface area contributed by atoms with Crippen LogP contribution in [0, 0.1) is 0 Å². The number of nitrogens with one attached hydrogen (secondary N) is 1. The van der Waals surface area contributed by atoms with Gasteiger partial charge in [0.1, 0.15) is 0 Å². The second-order valence-corrected chi connectivity index (χ2v) is 9.07. The number of aliphatic hydroxyl groups excluding tert-OH is 1. The maximum atomic E-state index is 12.8. The highest BCUT2D eigenvalue weighted by molar-refractivity contribution is 6.31. The average Bonchev–Trinajstić information content (AvgIpc) is 2.77. The fraction of sp³-hybridized carbons (Fsp3) is 0.480. The molecule has 2 aliphatic heterocycles. The Morgan fingerprint density at radius 1 is 1.19 bits per heavy atom. The lowest BCUT2D eigenvalue weighted by molar-refractivity contribution is 0.0836. The lowest BCUT2D eigenvalue weighted by Gasteiger charge is -2.30. The summed E-state index contributed by atoms with van der Waals surface area (Å²) in [6.45, 7) is 3.90. The number of ether oxygens (including phenoxy) is 1. The fourth-order valence-corrected chi connectivity index (χ4v) is 4.69. The highest BCUT2D eigenvalue weighted by Crippen LogP contribution is 2.24. The molecule has 1 unspecified atom stereocenters. The molecule has 2 aromatic carbocycles. The van der Waals surface area contributed by atoms with Crippen LogP contribution in [0.15, 0.2) is 42.5 Å². The average molecular weight is 443 g/mol. The third-order valence-electron chi connectivity index (χ3n) is 6.20. The number of aliphatic hydroxyl groups is 1. The number of nitrogens with zero attached hydrogens (tertiary/aromatic N) is 1. The van der Waals surface area contributed by atoms with Crippen LogP contribution < -0.4 is 5.32 Å². The lowest BCUT2D eigenvalue weighted by Crippen LogP contribution is -2.36. The summed E-state index contributed by atoms with van der Waals surface area (Å²) < 4.78 is 5.40. The molecule has 0 aliphatic carbocycles. The van der Waals surface area contributed by atoms with Crippen LogP contribution in [0.2, 0.25) is 5.02 Å². The minimum absolute atomic E-state index is 0.0144. The number of β-amino-alcohol motifs (C(OH)–C–C–N with tert-alkyl or cyclic N) is 1. The molecule has 4 rings (SSSR count). The third-order valence-corrected chi connectivity index (χ3v) is 6.41. The van der Waals surface area contributed by atoms with Crippen LogP contribution in [0.25, 0.3) is 0 Å². The van der Waals surface area contributed by atoms with Crippen LogP contribution in [0.5, 0.6) is 0 Å². The van der Waals surface area contributed by atoms with Crippen molar-refractivity contribution in [2.75, 3.05) is 31.6 Å². The van der Waals surface area contributed by atoms with E-state index in [1.807, 2.05) is 12.1 Å². The zero-order valence-electron chi connectivity index (χ0n) is 17.9. The first kappa shape index (κ1) is 22.3. The maximum Gasteiger partial charge on any atom is 0.163 e. The van der Waals surface area contributed by atoms with Crippen molar-refractivity contribution < 1.29 is 14.6 Å². The molecule has 2 aliphatic rings. The van der Waals surface area contributed by atoms with E-state index in [1.165, 1.54) is 11.1 Å². The summed E-state index contributed by atoms with van der Waals surface area (Å²) in [7, 11) is 0. The van der Waals surface area contributed by atoms with Crippen molar-refractivity contribution in [2.45, 2.75) is 50.8 Å². The van der Waals surface area contributed by atoms with Gasteiger partial charge in [-0.2, -0.15) is 0 Å². The number of Topliss-reactive ketones (excluding diaryl/α,β-unsaturated/α-hetero) is 1. The van der Waals surface area contributed by atoms with E-state index < -0.39 is 6.10 Å². The van der Waals surface area contributed by atoms with Gasteiger partial charge in [-0.25, -0.2) is 0 Å². The Kier molecular flexibility index (Phi) is 7.62. The van der Waals surface area contributed by atoms with Crippen molar-refractivity contribution >= 4 is 23.1 Å². The van der Waals surface area contributed by atoms with Crippen molar-refractivity contribution in [2.24, 2.45) is 0 Å². The number of fused-ring (bicyclic) bond motifs is 1. The summed E-state index contributed by atoms with van der Waals surface area (Å²) in [5.41, 5.74) is 4.20. The lowest BCUT2D eigenvalue weighted by atomic mass is 9.99. The Hall–Kier alpha value is -1.92. The van der Waals surface area contributed by atoms with Crippen molar-refractivity contribution in [3.05, 3.63) is 64.2 Å². The Balaban J connectivity index is 1.28. The standard InChI is InChI=1S/C25H31ClN2O3/c26-21-13-20(14-23(15-21)27-22-8-11-31-12-9-22)25(30)6-5-24(29)17-28-10-7-18-3-1-2-4-19(18)16-28/h1-4,13-15,22,24,27,29H,5-12,16-17H2. The zero-order valence-corrected chi connectivity index (χ0v) is 18.6. The molecule has 166 valence electrons. The number of anilines is 1. The number of hydrogen-bond donors (Lipinski definition) is 2. The topological polar surface area (TPSA) is 61.8 Å². The number of carbonyl (C=O) groups excluding carboxylic acids is 1. The first-order valence-electron chi connectivity index (χ1n) is 11.2. The molecule has 0 amide bonds. The Morgan fingerprint density at radius 3 is 2.77 bits per heavy atom. The second-order valence-electron chi connectivity index (χ2n) is 8.63. The van der Waals surface area contributed by atoms with Crippen molar-refractivity contribution in [3.8, 4) is 0 Å². The molecule has 6 heteroatoms. The predicted molar refractivity (Wildman–Crippen MR) is 124 cm³/mol. The maximum absolute atomic E-state index is 12.8. The van der Waals surface area contributed by atoms with Gasteiger partial charge < -0.3 is 15.2 Å². The number of ketones is 1. The number of carbonyl (C=O) groups is 1. The van der Waals surface area contributed by atoms with Gasteiger partial charge in [-0.15, -0.1) is 0 Å². The normalized spacial score (nSPS) is 18.4. The van der Waals surface area contributed by atoms with Gasteiger partial charge in [-0.05, 0) is 55.0 Å². The third kappa shape index (κ3) is 6.30. The zero-order chi connectivity index (χ0) is 21.6. The van der Waals surface area contributed by atoms with Crippen LogP contribution in [0.3, 0.4) is 0 Å². The summed E-state index contributed by atoms with van der Waals surface area (Å²) >= 11 is 6.27. The van der Waals surface area contributed by atoms with Gasteiger partial charge in [0.05, 0.1) is 6.10 Å². The van der Waals surface area contributed by atoms with Gasteiger partial charge in [0, 0.05) is 61.6 Å².